The van der Waals surface area contributed by atoms with Crippen molar-refractivity contribution in [3.8, 4) is 17.3 Å². The minimum absolute atomic E-state index is 0.427. The minimum Gasteiger partial charge on any atom is -0.323 e. The Balaban J connectivity index is 1.56. The van der Waals surface area contributed by atoms with Crippen LogP contribution in [0.3, 0.4) is 0 Å². The molecule has 0 saturated carbocycles. The van der Waals surface area contributed by atoms with E-state index >= 15 is 0 Å². The molecule has 4 aromatic heterocycles. The molecule has 4 heterocycles. The quantitative estimate of drug-likeness (QED) is 0.514. The van der Waals surface area contributed by atoms with Gasteiger partial charge in [-0.3, -0.25) is 9.97 Å². The van der Waals surface area contributed by atoms with Gasteiger partial charge in [0.2, 0.25) is 5.95 Å². The Labute approximate surface area is 156 Å². The lowest BCUT2D eigenvalue weighted by Gasteiger charge is -2.01. The van der Waals surface area contributed by atoms with Crippen molar-refractivity contribution in [1.29, 1.82) is 5.26 Å². The van der Waals surface area contributed by atoms with Crippen molar-refractivity contribution in [2.75, 3.05) is 5.32 Å². The third-order valence-corrected chi connectivity index (χ3v) is 4.46. The average molecular weight is 371 g/mol. The smallest absolute Gasteiger partial charge is 0.247 e. The summed E-state index contributed by atoms with van der Waals surface area (Å²) in [6.07, 6.45) is 6.50. The minimum atomic E-state index is 0.427. The van der Waals surface area contributed by atoms with Crippen LogP contribution < -0.4 is 5.32 Å². The SMILES string of the molecule is N#Cc1cncc(-c2nccn3nc(Nc4ccc5nsnc5c4)nc23)c1. The number of hydrogen-bond acceptors (Lipinski definition) is 9. The molecule has 0 spiro atoms. The maximum absolute atomic E-state index is 9.09. The molecule has 1 N–H and O–H groups in total. The van der Waals surface area contributed by atoms with Crippen molar-refractivity contribution in [2.45, 2.75) is 0 Å². The van der Waals surface area contributed by atoms with Crippen molar-refractivity contribution in [3.05, 3.63) is 54.6 Å². The van der Waals surface area contributed by atoms with Crippen molar-refractivity contribution < 1.29 is 0 Å². The van der Waals surface area contributed by atoms with Gasteiger partial charge in [-0.25, -0.2) is 4.52 Å². The van der Waals surface area contributed by atoms with Crippen molar-refractivity contribution in [3.63, 3.8) is 0 Å². The first-order chi connectivity index (χ1) is 13.3. The van der Waals surface area contributed by atoms with Crippen LogP contribution in [-0.2, 0) is 0 Å². The zero-order valence-corrected chi connectivity index (χ0v) is 14.4. The van der Waals surface area contributed by atoms with Gasteiger partial charge in [-0.2, -0.15) is 19.0 Å². The zero-order valence-electron chi connectivity index (χ0n) is 13.6. The molecule has 0 aliphatic rings. The number of nitrogens with one attached hydrogen (secondary N) is 1. The highest BCUT2D eigenvalue weighted by Gasteiger charge is 2.12. The summed E-state index contributed by atoms with van der Waals surface area (Å²) in [5.41, 5.74) is 4.80. The molecule has 0 aliphatic carbocycles. The Morgan fingerprint density at radius 3 is 2.96 bits per heavy atom. The number of benzene rings is 1. The molecule has 0 saturated heterocycles. The van der Waals surface area contributed by atoms with Crippen molar-refractivity contribution >= 4 is 40.0 Å². The Morgan fingerprint density at radius 2 is 2.04 bits per heavy atom. The van der Waals surface area contributed by atoms with E-state index in [2.05, 4.69) is 40.2 Å². The van der Waals surface area contributed by atoms with Crippen LogP contribution in [0.15, 0.2) is 49.1 Å². The predicted octanol–water partition coefficient (Wildman–Crippen LogP) is 2.81. The number of nitriles is 1. The second-order valence-corrected chi connectivity index (χ2v) is 6.17. The summed E-state index contributed by atoms with van der Waals surface area (Å²) in [7, 11) is 0. The number of rotatable bonds is 3. The third kappa shape index (κ3) is 2.72. The van der Waals surface area contributed by atoms with E-state index in [4.69, 9.17) is 5.26 Å². The molecule has 5 aromatic rings. The van der Waals surface area contributed by atoms with E-state index in [0.29, 0.717) is 28.4 Å². The van der Waals surface area contributed by atoms with Gasteiger partial charge in [0.1, 0.15) is 22.8 Å². The van der Waals surface area contributed by atoms with Crippen LogP contribution in [0.5, 0.6) is 0 Å². The molecule has 10 heteroatoms. The van der Waals surface area contributed by atoms with Crippen LogP contribution in [0.2, 0.25) is 0 Å². The standard InChI is InChI=1S/C17H9N9S/c18-7-10-5-11(9-19-8-10)15-16-22-17(23-26(16)4-3-20-15)21-12-1-2-13-14(6-12)25-27-24-13/h1-6,8-9H,(H,21,23). The number of nitrogens with zero attached hydrogens (tertiary/aromatic N) is 8. The molecular formula is C17H9N9S. The molecule has 0 aliphatic heterocycles. The van der Waals surface area contributed by atoms with Crippen LogP contribution in [-0.4, -0.2) is 33.3 Å². The fourth-order valence-corrected chi connectivity index (χ4v) is 3.21. The van der Waals surface area contributed by atoms with Gasteiger partial charge in [0.25, 0.3) is 0 Å². The lowest BCUT2D eigenvalue weighted by molar-refractivity contribution is 0.951. The maximum atomic E-state index is 9.09. The number of hydrogen-bond donors (Lipinski definition) is 1. The fourth-order valence-electron chi connectivity index (χ4n) is 2.69. The van der Waals surface area contributed by atoms with Gasteiger partial charge in [0, 0.05) is 36.0 Å². The molecule has 0 amide bonds. The van der Waals surface area contributed by atoms with Crippen LogP contribution >= 0.6 is 11.7 Å². The number of anilines is 2. The molecule has 9 nitrogen and oxygen atoms in total. The van der Waals surface area contributed by atoms with Gasteiger partial charge in [-0.05, 0) is 24.3 Å². The van der Waals surface area contributed by atoms with Crippen molar-refractivity contribution in [2.24, 2.45) is 0 Å². The van der Waals surface area contributed by atoms with E-state index in [9.17, 15) is 0 Å². The van der Waals surface area contributed by atoms with E-state index in [1.165, 1.54) is 17.9 Å². The molecule has 0 fully saturated rings. The van der Waals surface area contributed by atoms with Crippen LogP contribution in [0.4, 0.5) is 11.6 Å². The van der Waals surface area contributed by atoms with Crippen molar-refractivity contribution in [1.82, 2.24) is 33.3 Å². The van der Waals surface area contributed by atoms with E-state index in [1.807, 2.05) is 18.2 Å². The van der Waals surface area contributed by atoms with E-state index in [0.717, 1.165) is 16.7 Å². The molecule has 128 valence electrons. The number of aromatic nitrogens is 7. The number of fused-ring (bicyclic) bond motifs is 2. The summed E-state index contributed by atoms with van der Waals surface area (Å²) in [6, 6.07) is 9.48. The molecule has 0 radical (unpaired) electrons. The normalized spacial score (nSPS) is 10.9. The first-order valence-electron chi connectivity index (χ1n) is 7.86. The molecule has 0 unspecified atom stereocenters. The van der Waals surface area contributed by atoms with Gasteiger partial charge < -0.3 is 5.32 Å². The Bertz CT molecular complexity index is 1330. The Morgan fingerprint density at radius 1 is 1.11 bits per heavy atom. The average Bonchev–Trinajstić information content (AvgIpc) is 3.33. The van der Waals surface area contributed by atoms with Gasteiger partial charge >= 0.3 is 0 Å². The monoisotopic (exact) mass is 371 g/mol. The maximum Gasteiger partial charge on any atom is 0.247 e. The van der Waals surface area contributed by atoms with Crippen LogP contribution in [0.1, 0.15) is 5.56 Å². The second kappa shape index (κ2) is 6.08. The van der Waals surface area contributed by atoms with Gasteiger partial charge in [-0.15, -0.1) is 5.10 Å². The van der Waals surface area contributed by atoms with E-state index < -0.39 is 0 Å². The van der Waals surface area contributed by atoms with Crippen LogP contribution in [0, 0.1) is 11.3 Å². The summed E-state index contributed by atoms with van der Waals surface area (Å²) in [5.74, 6) is 0.427. The summed E-state index contributed by atoms with van der Waals surface area (Å²) >= 11 is 1.17. The Hall–Kier alpha value is -3.97. The third-order valence-electron chi connectivity index (χ3n) is 3.91. The summed E-state index contributed by atoms with van der Waals surface area (Å²) < 4.78 is 10.1. The topological polar surface area (TPSA) is 118 Å². The predicted molar refractivity (Wildman–Crippen MR) is 99.4 cm³/mol. The van der Waals surface area contributed by atoms with Gasteiger partial charge in [-0.1, -0.05) is 0 Å². The van der Waals surface area contributed by atoms with Gasteiger partial charge in [0.05, 0.1) is 17.3 Å². The molecule has 5 rings (SSSR count). The first-order valence-corrected chi connectivity index (χ1v) is 8.59. The first kappa shape index (κ1) is 15.3. The molecule has 0 atom stereocenters. The highest BCUT2D eigenvalue weighted by atomic mass is 32.1. The van der Waals surface area contributed by atoms with Crippen LogP contribution in [0.25, 0.3) is 27.9 Å². The van der Waals surface area contributed by atoms with E-state index in [1.54, 1.807) is 29.2 Å². The molecule has 0 bridgehead atoms. The zero-order chi connectivity index (χ0) is 18.2. The highest BCUT2D eigenvalue weighted by molar-refractivity contribution is 7.00. The summed E-state index contributed by atoms with van der Waals surface area (Å²) in [5, 5.41) is 16.7. The van der Waals surface area contributed by atoms with Gasteiger partial charge in [0.15, 0.2) is 5.65 Å². The summed E-state index contributed by atoms with van der Waals surface area (Å²) in [4.78, 5) is 13.0. The molecule has 27 heavy (non-hydrogen) atoms. The van der Waals surface area contributed by atoms with E-state index in [-0.39, 0.29) is 0 Å². The fraction of sp³-hybridized carbons (Fsp3) is 0. The second-order valence-electron chi connectivity index (χ2n) is 5.65. The Kier molecular flexibility index (Phi) is 3.44. The highest BCUT2D eigenvalue weighted by Crippen LogP contribution is 2.24. The lowest BCUT2D eigenvalue weighted by Crippen LogP contribution is -1.94. The summed E-state index contributed by atoms with van der Waals surface area (Å²) in [6.45, 7) is 0. The molecule has 1 aromatic carbocycles. The lowest BCUT2D eigenvalue weighted by atomic mass is 10.1. The molecular weight excluding hydrogens is 362 g/mol. The largest absolute Gasteiger partial charge is 0.323 e. The number of pyridine rings is 1.